The Morgan fingerprint density at radius 1 is 1.22 bits per heavy atom. The molecule has 2 rings (SSSR count). The molecule has 0 heterocycles. The third-order valence-corrected chi connectivity index (χ3v) is 3.70. The molecule has 0 spiro atoms. The Labute approximate surface area is 115 Å². The van der Waals surface area contributed by atoms with Crippen LogP contribution in [0.4, 0.5) is 0 Å². The van der Waals surface area contributed by atoms with Crippen molar-refractivity contribution in [1.82, 2.24) is 5.32 Å². The Hall–Kier alpha value is -0.730. The van der Waals surface area contributed by atoms with E-state index in [-0.39, 0.29) is 6.10 Å². The molecule has 1 N–H and O–H groups in total. The smallest absolute Gasteiger partial charge is 0.119 e. The zero-order valence-corrected chi connectivity index (χ0v) is 11.7. The number of benzene rings is 1. The number of nitrogens with one attached hydrogen (secondary N) is 1. The molecule has 0 bridgehead atoms. The molecule has 1 fully saturated rings. The molecule has 1 aromatic carbocycles. The van der Waals surface area contributed by atoms with Crippen molar-refractivity contribution in [2.24, 2.45) is 0 Å². The maximum Gasteiger partial charge on any atom is 0.119 e. The number of rotatable bonds is 5. The molecule has 100 valence electrons. The Kier molecular flexibility index (Phi) is 5.33. The van der Waals surface area contributed by atoms with Crippen molar-refractivity contribution in [3.8, 4) is 5.75 Å². The average molecular weight is 268 g/mol. The average Bonchev–Trinajstić information content (AvgIpc) is 2.40. The maximum absolute atomic E-state index is 5.84. The molecule has 1 atom stereocenters. The topological polar surface area (TPSA) is 21.3 Å². The lowest BCUT2D eigenvalue weighted by atomic mass is 9.95. The van der Waals surface area contributed by atoms with Gasteiger partial charge in [0.05, 0.1) is 0 Å². The van der Waals surface area contributed by atoms with Gasteiger partial charge in [0.15, 0.2) is 0 Å². The number of ether oxygens (including phenoxy) is 1. The Morgan fingerprint density at radius 2 is 1.89 bits per heavy atom. The van der Waals surface area contributed by atoms with Gasteiger partial charge in [-0.3, -0.25) is 0 Å². The fraction of sp³-hybridized carbons (Fsp3) is 0.600. The summed E-state index contributed by atoms with van der Waals surface area (Å²) in [4.78, 5) is 0. The monoisotopic (exact) mass is 267 g/mol. The van der Waals surface area contributed by atoms with Gasteiger partial charge in [-0.1, -0.05) is 30.9 Å². The second-order valence-corrected chi connectivity index (χ2v) is 5.56. The molecule has 1 aliphatic rings. The lowest BCUT2D eigenvalue weighted by molar-refractivity contribution is 0.205. The van der Waals surface area contributed by atoms with Crippen LogP contribution >= 0.6 is 11.6 Å². The van der Waals surface area contributed by atoms with E-state index >= 15 is 0 Å². The van der Waals surface area contributed by atoms with Crippen molar-refractivity contribution in [3.05, 3.63) is 29.3 Å². The van der Waals surface area contributed by atoms with Crippen LogP contribution in [0.5, 0.6) is 5.75 Å². The predicted molar refractivity (Wildman–Crippen MR) is 76.4 cm³/mol. The zero-order chi connectivity index (χ0) is 12.8. The van der Waals surface area contributed by atoms with E-state index in [1.807, 2.05) is 24.3 Å². The van der Waals surface area contributed by atoms with Gasteiger partial charge in [0.25, 0.3) is 0 Å². The minimum absolute atomic E-state index is 0.188. The summed E-state index contributed by atoms with van der Waals surface area (Å²) in [5, 5.41) is 4.35. The minimum atomic E-state index is 0.188. The maximum atomic E-state index is 5.84. The molecular formula is C15H22ClNO. The van der Waals surface area contributed by atoms with Crippen molar-refractivity contribution in [2.45, 2.75) is 51.2 Å². The highest BCUT2D eigenvalue weighted by Gasteiger charge is 2.14. The summed E-state index contributed by atoms with van der Waals surface area (Å²) in [6.07, 6.45) is 6.94. The van der Waals surface area contributed by atoms with E-state index in [0.717, 1.165) is 17.3 Å². The Morgan fingerprint density at radius 3 is 2.56 bits per heavy atom. The van der Waals surface area contributed by atoms with Crippen LogP contribution in [0, 0.1) is 0 Å². The molecule has 1 aromatic rings. The molecule has 0 amide bonds. The molecule has 0 aliphatic heterocycles. The van der Waals surface area contributed by atoms with Crippen molar-refractivity contribution in [1.29, 1.82) is 0 Å². The molecule has 0 radical (unpaired) electrons. The molecule has 1 saturated carbocycles. The second kappa shape index (κ2) is 7.01. The molecule has 18 heavy (non-hydrogen) atoms. The first-order valence-electron chi connectivity index (χ1n) is 6.89. The van der Waals surface area contributed by atoms with Crippen LogP contribution in [0.1, 0.15) is 39.0 Å². The van der Waals surface area contributed by atoms with Gasteiger partial charge < -0.3 is 10.1 Å². The highest BCUT2D eigenvalue weighted by molar-refractivity contribution is 6.30. The summed E-state index contributed by atoms with van der Waals surface area (Å²) in [6, 6.07) is 8.24. The van der Waals surface area contributed by atoms with Crippen LogP contribution in [-0.4, -0.2) is 18.7 Å². The first-order valence-corrected chi connectivity index (χ1v) is 7.27. The summed E-state index contributed by atoms with van der Waals surface area (Å²) < 4.78 is 5.84. The van der Waals surface area contributed by atoms with Gasteiger partial charge in [0.2, 0.25) is 0 Å². The molecule has 2 nitrogen and oxygen atoms in total. The van der Waals surface area contributed by atoms with Crippen LogP contribution in [0.15, 0.2) is 24.3 Å². The largest absolute Gasteiger partial charge is 0.489 e. The van der Waals surface area contributed by atoms with Gasteiger partial charge in [-0.15, -0.1) is 0 Å². The molecule has 3 heteroatoms. The van der Waals surface area contributed by atoms with Gasteiger partial charge >= 0.3 is 0 Å². The minimum Gasteiger partial charge on any atom is -0.489 e. The standard InChI is InChI=1S/C15H22ClNO/c1-12(11-17-14-5-3-2-4-6-14)18-15-9-7-13(16)8-10-15/h7-10,12,14,17H,2-6,11H2,1H3/t12-/m0/s1. The van der Waals surface area contributed by atoms with Crippen LogP contribution < -0.4 is 10.1 Å². The molecule has 0 aromatic heterocycles. The molecule has 0 saturated heterocycles. The number of hydrogen-bond donors (Lipinski definition) is 1. The number of halogens is 1. The molecule has 1 aliphatic carbocycles. The van der Waals surface area contributed by atoms with Crippen LogP contribution in [0.2, 0.25) is 5.02 Å². The first kappa shape index (κ1) is 13.7. The highest BCUT2D eigenvalue weighted by Crippen LogP contribution is 2.18. The van der Waals surface area contributed by atoms with E-state index in [4.69, 9.17) is 16.3 Å². The van der Waals surface area contributed by atoms with Crippen LogP contribution in [-0.2, 0) is 0 Å². The van der Waals surface area contributed by atoms with E-state index in [1.54, 1.807) is 0 Å². The molecular weight excluding hydrogens is 246 g/mol. The van der Waals surface area contributed by atoms with E-state index in [1.165, 1.54) is 32.1 Å². The van der Waals surface area contributed by atoms with Gasteiger partial charge in [-0.25, -0.2) is 0 Å². The van der Waals surface area contributed by atoms with Crippen molar-refractivity contribution < 1.29 is 4.74 Å². The quantitative estimate of drug-likeness (QED) is 0.870. The van der Waals surface area contributed by atoms with Gasteiger partial charge in [-0.05, 0) is 44.0 Å². The molecule has 0 unspecified atom stereocenters. The van der Waals surface area contributed by atoms with E-state index in [0.29, 0.717) is 6.04 Å². The van der Waals surface area contributed by atoms with Crippen LogP contribution in [0.25, 0.3) is 0 Å². The normalized spacial score (nSPS) is 18.6. The first-order chi connectivity index (χ1) is 8.74. The summed E-state index contributed by atoms with van der Waals surface area (Å²) in [5.41, 5.74) is 0. The highest BCUT2D eigenvalue weighted by atomic mass is 35.5. The van der Waals surface area contributed by atoms with Gasteiger partial charge in [-0.2, -0.15) is 0 Å². The van der Waals surface area contributed by atoms with Gasteiger partial charge in [0, 0.05) is 17.6 Å². The summed E-state index contributed by atoms with van der Waals surface area (Å²) in [6.45, 7) is 3.01. The Balaban J connectivity index is 1.71. The van der Waals surface area contributed by atoms with E-state index in [2.05, 4.69) is 12.2 Å². The summed E-state index contributed by atoms with van der Waals surface area (Å²) in [7, 11) is 0. The Bertz CT molecular complexity index is 346. The van der Waals surface area contributed by atoms with Crippen molar-refractivity contribution in [3.63, 3.8) is 0 Å². The second-order valence-electron chi connectivity index (χ2n) is 5.13. The zero-order valence-electron chi connectivity index (χ0n) is 11.0. The lowest BCUT2D eigenvalue weighted by Gasteiger charge is -2.25. The predicted octanol–water partition coefficient (Wildman–Crippen LogP) is 4.03. The summed E-state index contributed by atoms with van der Waals surface area (Å²) >= 11 is 5.84. The van der Waals surface area contributed by atoms with Crippen molar-refractivity contribution in [2.75, 3.05) is 6.54 Å². The van der Waals surface area contributed by atoms with E-state index < -0.39 is 0 Å². The third kappa shape index (κ3) is 4.51. The summed E-state index contributed by atoms with van der Waals surface area (Å²) in [5.74, 6) is 0.886. The van der Waals surface area contributed by atoms with Gasteiger partial charge in [0.1, 0.15) is 11.9 Å². The van der Waals surface area contributed by atoms with Crippen molar-refractivity contribution >= 4 is 11.6 Å². The third-order valence-electron chi connectivity index (χ3n) is 3.45. The number of hydrogen-bond acceptors (Lipinski definition) is 2. The SMILES string of the molecule is C[C@@H](CNC1CCCCC1)Oc1ccc(Cl)cc1. The van der Waals surface area contributed by atoms with E-state index in [9.17, 15) is 0 Å². The lowest BCUT2D eigenvalue weighted by Crippen LogP contribution is -2.37. The van der Waals surface area contributed by atoms with Crippen LogP contribution in [0.3, 0.4) is 0 Å². The fourth-order valence-electron chi connectivity index (χ4n) is 2.43. The fourth-order valence-corrected chi connectivity index (χ4v) is 2.55.